The van der Waals surface area contributed by atoms with Crippen LogP contribution in [0, 0.1) is 28.6 Å². The third-order valence-corrected chi connectivity index (χ3v) is 12.5. The second-order valence-electron chi connectivity index (χ2n) is 14.4. The number of aryl methyl sites for hydroxylation is 1. The number of allylic oxidation sites excluding steroid dienone is 4. The molecule has 3 saturated carbocycles. The Morgan fingerprint density at radius 1 is 1.26 bits per heavy atom. The number of anilines is 1. The minimum absolute atomic E-state index is 0.0335. The molecule has 5 aliphatic rings. The summed E-state index contributed by atoms with van der Waals surface area (Å²) in [5.41, 5.74) is 8.15. The molecule has 1 aliphatic heterocycles. The van der Waals surface area contributed by atoms with Gasteiger partial charge in [-0.25, -0.2) is 0 Å². The van der Waals surface area contributed by atoms with Crippen molar-refractivity contribution >= 4 is 25.5 Å². The topological polar surface area (TPSA) is 171 Å². The van der Waals surface area contributed by atoms with Crippen LogP contribution in [-0.4, -0.2) is 55.7 Å². The molecular formula is C35H42N2O9P+. The molecule has 0 radical (unpaired) electrons. The molecule has 10 atom stereocenters. The summed E-state index contributed by atoms with van der Waals surface area (Å²) in [6.07, 6.45) is 7.65. The molecule has 7 rings (SSSR count). The molecule has 1 aromatic heterocycles. The van der Waals surface area contributed by atoms with Crippen LogP contribution in [0.4, 0.5) is 5.69 Å². The molecule has 0 spiro atoms. The van der Waals surface area contributed by atoms with Gasteiger partial charge in [0, 0.05) is 63.5 Å². The van der Waals surface area contributed by atoms with Crippen molar-refractivity contribution in [2.45, 2.75) is 76.7 Å². The predicted octanol–water partition coefficient (Wildman–Crippen LogP) is 3.97. The van der Waals surface area contributed by atoms with E-state index in [4.69, 9.17) is 19.7 Å². The van der Waals surface area contributed by atoms with Crippen molar-refractivity contribution in [3.8, 4) is 0 Å². The van der Waals surface area contributed by atoms with Crippen molar-refractivity contribution in [1.82, 2.24) is 4.57 Å². The molecule has 4 fully saturated rings. The van der Waals surface area contributed by atoms with Gasteiger partial charge in [-0.3, -0.25) is 9.59 Å². The van der Waals surface area contributed by atoms with Gasteiger partial charge in [0.25, 0.3) is 0 Å². The smallest absolute Gasteiger partial charge is 0.398 e. The lowest BCUT2D eigenvalue weighted by Crippen LogP contribution is -2.63. The first-order valence-electron chi connectivity index (χ1n) is 16.2. The number of aliphatic hydroxyl groups is 2. The first-order chi connectivity index (χ1) is 22.3. The molecule has 0 bridgehead atoms. The summed E-state index contributed by atoms with van der Waals surface area (Å²) in [7, 11) is -1.10. The largest absolute Gasteiger partial charge is 0.695 e. The number of fused-ring (bicyclic) bond motifs is 7. The Balaban J connectivity index is 1.21. The van der Waals surface area contributed by atoms with Crippen molar-refractivity contribution in [3.05, 3.63) is 76.6 Å². The fourth-order valence-corrected chi connectivity index (χ4v) is 10.2. The van der Waals surface area contributed by atoms with Crippen molar-refractivity contribution in [1.29, 1.82) is 0 Å². The van der Waals surface area contributed by atoms with Crippen LogP contribution >= 0.6 is 8.25 Å². The lowest BCUT2D eigenvalue weighted by molar-refractivity contribution is -0.200. The highest BCUT2D eigenvalue weighted by atomic mass is 31.1. The Labute approximate surface area is 274 Å². The number of Topliss-reactive ketones (excluding diaryl/α,β-unsaturated/α-hetero) is 1. The van der Waals surface area contributed by atoms with Gasteiger partial charge in [0.05, 0.1) is 18.8 Å². The summed E-state index contributed by atoms with van der Waals surface area (Å²) in [5.74, 6) is -0.662. The van der Waals surface area contributed by atoms with Crippen LogP contribution < -0.4 is 5.73 Å². The number of benzene rings is 1. The Bertz CT molecular complexity index is 1720. The number of nitrogens with zero attached hydrogens (tertiary/aromatic N) is 1. The van der Waals surface area contributed by atoms with Crippen LogP contribution in [0.3, 0.4) is 0 Å². The van der Waals surface area contributed by atoms with Gasteiger partial charge in [-0.1, -0.05) is 37.6 Å². The number of rotatable bonds is 8. The molecule has 11 nitrogen and oxygen atoms in total. The maximum absolute atomic E-state index is 14.2. The average molecular weight is 666 g/mol. The quantitative estimate of drug-likeness (QED) is 0.239. The van der Waals surface area contributed by atoms with E-state index in [2.05, 4.69) is 6.92 Å². The summed E-state index contributed by atoms with van der Waals surface area (Å²) in [6, 6.07) is 7.55. The van der Waals surface area contributed by atoms with Gasteiger partial charge in [-0.2, -0.15) is 0 Å². The molecule has 1 saturated heterocycles. The minimum atomic E-state index is -3.02. The number of ketones is 2. The average Bonchev–Trinajstić information content (AvgIpc) is 3.65. The van der Waals surface area contributed by atoms with Gasteiger partial charge in [0.1, 0.15) is 0 Å². The number of aliphatic hydroxyl groups excluding tert-OH is 2. The number of carbonyl (C=O) groups excluding carboxylic acids is 2. The van der Waals surface area contributed by atoms with Crippen LogP contribution in [0.2, 0.25) is 0 Å². The van der Waals surface area contributed by atoms with Crippen molar-refractivity contribution < 1.29 is 43.3 Å². The van der Waals surface area contributed by atoms with Gasteiger partial charge in [-0.15, -0.1) is 9.42 Å². The maximum Gasteiger partial charge on any atom is 0.695 e. The number of nitrogen functional groups attached to an aromatic ring is 1. The normalized spacial score (nSPS) is 37.5. The number of hydrogen-bond acceptors (Lipinski definition) is 9. The molecular weight excluding hydrogens is 623 g/mol. The summed E-state index contributed by atoms with van der Waals surface area (Å²) in [5, 5.41) is 21.4. The molecule has 5 N–H and O–H groups in total. The zero-order valence-electron chi connectivity index (χ0n) is 26.8. The van der Waals surface area contributed by atoms with E-state index in [1.165, 1.54) is 0 Å². The van der Waals surface area contributed by atoms with Gasteiger partial charge in [-0.05, 0) is 67.4 Å². The van der Waals surface area contributed by atoms with Gasteiger partial charge in [0.15, 0.2) is 30.1 Å². The fraction of sp³-hybridized carbons (Fsp3) is 0.543. The first kappa shape index (κ1) is 32.5. The summed E-state index contributed by atoms with van der Waals surface area (Å²) >= 11 is 0. The second kappa shape index (κ2) is 11.6. The lowest BCUT2D eigenvalue weighted by Gasteiger charge is -2.59. The third-order valence-electron chi connectivity index (χ3n) is 12.1. The molecule has 12 heteroatoms. The summed E-state index contributed by atoms with van der Waals surface area (Å²) in [6.45, 7) is 3.33. The van der Waals surface area contributed by atoms with E-state index in [-0.39, 0.29) is 36.6 Å². The van der Waals surface area contributed by atoms with Crippen molar-refractivity contribution in [2.24, 2.45) is 35.6 Å². The van der Waals surface area contributed by atoms with E-state index >= 15 is 0 Å². The zero-order chi connectivity index (χ0) is 33.5. The molecule has 1 unspecified atom stereocenters. The van der Waals surface area contributed by atoms with E-state index in [0.717, 1.165) is 35.2 Å². The lowest BCUT2D eigenvalue weighted by atomic mass is 9.46. The van der Waals surface area contributed by atoms with Gasteiger partial charge in [0.2, 0.25) is 0 Å². The van der Waals surface area contributed by atoms with Crippen molar-refractivity contribution in [2.75, 3.05) is 12.3 Å². The van der Waals surface area contributed by atoms with Crippen LogP contribution in [0.5, 0.6) is 0 Å². The Kier molecular flexibility index (Phi) is 7.99. The standard InChI is InChI=1S/C35H41N2O9P/c1-33-9-8-24(39)13-22(33)6-7-25-26-14-30-35(29(41)18-44-47(42)43,34(26,2)15-28(40)31(25)33)46-32(45-30)21-12-23(37(3)16-21)10-19-4-5-20(17-38)27(36)11-19/h4-5,8-9,11-13,16,25-26,28,30-32,38,40H,6-7,10,14-15,17-18,36H2,1-3H3/p+1/t25-,26-,28-,30+,31+,32+,33-,34-,35+/m0/s1. The molecule has 2 aromatic rings. The Hall–Kier alpha value is -3.02. The molecule has 4 aliphatic carbocycles. The molecule has 1 aromatic carbocycles. The minimum Gasteiger partial charge on any atom is -0.398 e. The predicted molar refractivity (Wildman–Crippen MR) is 171 cm³/mol. The number of carbonyl (C=O) groups is 2. The number of aromatic nitrogens is 1. The zero-order valence-corrected chi connectivity index (χ0v) is 27.7. The van der Waals surface area contributed by atoms with Crippen LogP contribution in [0.25, 0.3) is 0 Å². The molecule has 47 heavy (non-hydrogen) atoms. The molecule has 250 valence electrons. The van der Waals surface area contributed by atoms with Crippen LogP contribution in [0.1, 0.15) is 68.2 Å². The SMILES string of the molecule is Cn1cc([C@@H]2O[C@@H]3C[C@H]4[C@@H]5CCC6=CC(=O)C=C[C@]6(C)[C@H]5[C@@H](O)C[C@]4(C)[C@]3(C(=O)CO[P+](=O)O)O2)cc1Cc1ccc(CO)c(N)c1. The highest BCUT2D eigenvalue weighted by molar-refractivity contribution is 7.32. The Morgan fingerprint density at radius 3 is 2.77 bits per heavy atom. The van der Waals surface area contributed by atoms with Crippen molar-refractivity contribution in [3.63, 3.8) is 0 Å². The summed E-state index contributed by atoms with van der Waals surface area (Å²) < 4.78 is 31.9. The van der Waals surface area contributed by atoms with E-state index in [9.17, 15) is 29.3 Å². The molecule has 2 heterocycles. The van der Waals surface area contributed by atoms with E-state index in [1.807, 2.05) is 55.1 Å². The van der Waals surface area contributed by atoms with Gasteiger partial charge >= 0.3 is 8.25 Å². The van der Waals surface area contributed by atoms with Crippen LogP contribution in [-0.2, 0) is 48.2 Å². The highest BCUT2D eigenvalue weighted by Gasteiger charge is 2.76. The third kappa shape index (κ3) is 4.93. The maximum atomic E-state index is 14.2. The number of hydrogen-bond donors (Lipinski definition) is 4. The molecule has 0 amide bonds. The number of ether oxygens (including phenoxy) is 2. The highest BCUT2D eigenvalue weighted by Crippen LogP contribution is 2.70. The monoisotopic (exact) mass is 665 g/mol. The fourth-order valence-electron chi connectivity index (χ4n) is 9.99. The first-order valence-corrected chi connectivity index (χ1v) is 17.3. The van der Waals surface area contributed by atoms with Gasteiger partial charge < -0.3 is 30.0 Å². The second-order valence-corrected chi connectivity index (χ2v) is 15.2. The summed E-state index contributed by atoms with van der Waals surface area (Å²) in [4.78, 5) is 35.9. The van der Waals surface area contributed by atoms with Crippen LogP contribution in [0.15, 0.2) is 54.3 Å². The Morgan fingerprint density at radius 2 is 2.04 bits per heavy atom. The number of nitrogens with two attached hydrogens (primary N) is 1. The van der Waals surface area contributed by atoms with E-state index in [1.54, 1.807) is 12.2 Å². The van der Waals surface area contributed by atoms with E-state index in [0.29, 0.717) is 24.1 Å². The van der Waals surface area contributed by atoms with E-state index < -0.39 is 55.6 Å².